The third-order valence-corrected chi connectivity index (χ3v) is 4.00. The maximum absolute atomic E-state index is 11.7. The van der Waals surface area contributed by atoms with Crippen molar-refractivity contribution >= 4 is 28.7 Å². The topological polar surface area (TPSA) is 68.0 Å². The van der Waals surface area contributed by atoms with Crippen molar-refractivity contribution in [2.75, 3.05) is 0 Å². The highest BCUT2D eigenvalue weighted by Crippen LogP contribution is 2.25. The van der Waals surface area contributed by atoms with Gasteiger partial charge >= 0.3 is 5.97 Å². The normalized spacial score (nSPS) is 10.5. The molecule has 3 aromatic rings. The second-order valence-corrected chi connectivity index (χ2v) is 5.59. The first kappa shape index (κ1) is 16.0. The van der Waals surface area contributed by atoms with Crippen molar-refractivity contribution in [3.05, 3.63) is 58.5 Å². The van der Waals surface area contributed by atoms with Crippen LogP contribution in [-0.2, 0) is 6.42 Å². The Hall–Kier alpha value is -2.84. The summed E-state index contributed by atoms with van der Waals surface area (Å²) in [5, 5.41) is 11.9. The second kappa shape index (κ2) is 6.34. The van der Waals surface area contributed by atoms with Crippen LogP contribution in [0.5, 0.6) is 0 Å². The number of rotatable bonds is 3. The molecule has 0 spiro atoms. The zero-order valence-corrected chi connectivity index (χ0v) is 13.9. The second-order valence-electron chi connectivity index (χ2n) is 5.40. The van der Waals surface area contributed by atoms with Crippen molar-refractivity contribution in [1.29, 1.82) is 0 Å². The molecule has 1 N–H and O–H groups in total. The first-order valence-electron chi connectivity index (χ1n) is 7.30. The van der Waals surface area contributed by atoms with Gasteiger partial charge in [0.05, 0.1) is 0 Å². The molecule has 2 heterocycles. The zero-order valence-electron chi connectivity index (χ0n) is 13.2. The van der Waals surface area contributed by atoms with Gasteiger partial charge in [0.15, 0.2) is 11.3 Å². The van der Waals surface area contributed by atoms with Crippen LogP contribution in [0.3, 0.4) is 0 Å². The summed E-state index contributed by atoms with van der Waals surface area (Å²) in [5.41, 5.74) is 3.53. The molecule has 0 saturated carbocycles. The number of fused-ring (bicyclic) bond motifs is 1. The standard InChI is InChI=1S/C18H14ClN3O2/c1-11-14(10-13-6-4-3-5-7-13)16(18(23)24)21-17-15(11)20-12(2)22(17)9-8-19/h3-7H,10H2,1-2H3,(H,23,24). The van der Waals surface area contributed by atoms with Crippen molar-refractivity contribution in [2.24, 2.45) is 0 Å². The molecule has 0 aliphatic rings. The minimum absolute atomic E-state index is 0.0152. The highest BCUT2D eigenvalue weighted by Gasteiger charge is 2.21. The van der Waals surface area contributed by atoms with E-state index in [1.807, 2.05) is 37.3 Å². The van der Waals surface area contributed by atoms with Gasteiger partial charge in [-0.3, -0.25) is 0 Å². The fraction of sp³-hybridized carbons (Fsp3) is 0.167. The van der Waals surface area contributed by atoms with Crippen LogP contribution in [0.25, 0.3) is 11.2 Å². The van der Waals surface area contributed by atoms with E-state index in [1.54, 1.807) is 6.92 Å². The number of aromatic carboxylic acids is 1. The lowest BCUT2D eigenvalue weighted by molar-refractivity contribution is 0.0689. The van der Waals surface area contributed by atoms with Crippen molar-refractivity contribution < 1.29 is 9.90 Å². The summed E-state index contributed by atoms with van der Waals surface area (Å²) >= 11 is 5.49. The van der Waals surface area contributed by atoms with E-state index in [9.17, 15) is 9.90 Å². The van der Waals surface area contributed by atoms with Crippen LogP contribution in [0.15, 0.2) is 30.3 Å². The molecule has 0 fully saturated rings. The van der Waals surface area contributed by atoms with Crippen LogP contribution in [0, 0.1) is 25.3 Å². The Labute approximate surface area is 143 Å². The highest BCUT2D eigenvalue weighted by molar-refractivity contribution is 6.30. The number of benzene rings is 1. The first-order chi connectivity index (χ1) is 11.5. The summed E-state index contributed by atoms with van der Waals surface area (Å²) in [6.07, 6.45) is 0.477. The number of carbonyl (C=O) groups is 1. The largest absolute Gasteiger partial charge is 0.477 e. The van der Waals surface area contributed by atoms with Gasteiger partial charge in [-0.2, -0.15) is 0 Å². The highest BCUT2D eigenvalue weighted by atomic mass is 35.5. The van der Waals surface area contributed by atoms with E-state index in [-0.39, 0.29) is 5.69 Å². The van der Waals surface area contributed by atoms with E-state index in [4.69, 9.17) is 11.6 Å². The molecule has 0 aliphatic carbocycles. The van der Waals surface area contributed by atoms with Crippen molar-refractivity contribution in [3.63, 3.8) is 0 Å². The van der Waals surface area contributed by atoms with Crippen LogP contribution in [0.1, 0.15) is 33.0 Å². The quantitative estimate of drug-likeness (QED) is 0.743. The van der Waals surface area contributed by atoms with Crippen LogP contribution in [0.2, 0.25) is 0 Å². The van der Waals surface area contributed by atoms with Gasteiger partial charge in [-0.25, -0.2) is 19.3 Å². The predicted octanol–water partition coefficient (Wildman–Crippen LogP) is 3.34. The zero-order chi connectivity index (χ0) is 17.3. The minimum atomic E-state index is -1.07. The van der Waals surface area contributed by atoms with E-state index >= 15 is 0 Å². The Balaban J connectivity index is 2.28. The molecule has 24 heavy (non-hydrogen) atoms. The molecule has 0 bridgehead atoms. The Kier molecular flexibility index (Phi) is 4.24. The van der Waals surface area contributed by atoms with Gasteiger partial charge in [-0.15, -0.1) is 0 Å². The summed E-state index contributed by atoms with van der Waals surface area (Å²) in [7, 11) is 0. The molecule has 0 aliphatic heterocycles. The summed E-state index contributed by atoms with van der Waals surface area (Å²) in [5.74, 6) is -0.461. The van der Waals surface area contributed by atoms with Crippen LogP contribution < -0.4 is 0 Å². The lowest BCUT2D eigenvalue weighted by Crippen LogP contribution is -2.10. The molecule has 6 heteroatoms. The number of nitrogens with zero attached hydrogens (tertiary/aromatic N) is 3. The fourth-order valence-corrected chi connectivity index (χ4v) is 2.82. The molecule has 2 aromatic heterocycles. The van der Waals surface area contributed by atoms with Gasteiger partial charge in [-0.1, -0.05) is 30.3 Å². The van der Waals surface area contributed by atoms with E-state index in [0.717, 1.165) is 11.1 Å². The summed E-state index contributed by atoms with van der Waals surface area (Å²) in [6, 6.07) is 12.4. The smallest absolute Gasteiger partial charge is 0.354 e. The molecule has 0 amide bonds. The maximum Gasteiger partial charge on any atom is 0.354 e. The summed E-state index contributed by atoms with van der Waals surface area (Å²) < 4.78 is 1.51. The SMILES string of the molecule is Cc1c(Cc2ccccc2)c(C(=O)O)nc2c1nc(C)n2C#CCl. The Morgan fingerprint density at radius 2 is 1.96 bits per heavy atom. The summed E-state index contributed by atoms with van der Waals surface area (Å²) in [6.45, 7) is 3.64. The molecule has 3 rings (SSSR count). The first-order valence-corrected chi connectivity index (χ1v) is 7.68. The number of imidazole rings is 1. The molecular formula is C18H14ClN3O2. The molecule has 0 atom stereocenters. The van der Waals surface area contributed by atoms with Crippen LogP contribution in [0.4, 0.5) is 0 Å². The molecule has 0 unspecified atom stereocenters. The van der Waals surface area contributed by atoms with Gasteiger partial charge in [0, 0.05) is 17.8 Å². The number of aromatic nitrogens is 3. The molecule has 0 saturated heterocycles. The number of hydrogen-bond donors (Lipinski definition) is 1. The van der Waals surface area contributed by atoms with Gasteiger partial charge in [-0.05, 0) is 42.1 Å². The van der Waals surface area contributed by atoms with Gasteiger partial charge < -0.3 is 5.11 Å². The van der Waals surface area contributed by atoms with Gasteiger partial charge in [0.1, 0.15) is 11.3 Å². The van der Waals surface area contributed by atoms with Crippen LogP contribution in [-0.4, -0.2) is 25.6 Å². The molecule has 5 nitrogen and oxygen atoms in total. The number of hydrogen-bond acceptors (Lipinski definition) is 3. The number of aryl methyl sites for hydroxylation is 2. The molecular weight excluding hydrogens is 326 g/mol. The minimum Gasteiger partial charge on any atom is -0.477 e. The van der Waals surface area contributed by atoms with Gasteiger partial charge in [0.2, 0.25) is 0 Å². The van der Waals surface area contributed by atoms with Crippen molar-refractivity contribution in [3.8, 4) is 11.4 Å². The lowest BCUT2D eigenvalue weighted by Gasteiger charge is -2.10. The Morgan fingerprint density at radius 3 is 2.58 bits per heavy atom. The number of carboxylic acid groups (broad SMARTS) is 1. The van der Waals surface area contributed by atoms with E-state index in [2.05, 4.69) is 21.4 Å². The average molecular weight is 340 g/mol. The van der Waals surface area contributed by atoms with Crippen molar-refractivity contribution in [2.45, 2.75) is 20.3 Å². The molecule has 120 valence electrons. The summed E-state index contributed by atoms with van der Waals surface area (Å²) in [4.78, 5) is 20.5. The van der Waals surface area contributed by atoms with E-state index in [1.165, 1.54) is 4.57 Å². The fourth-order valence-electron chi connectivity index (χ4n) is 2.74. The number of carboxylic acids is 1. The van der Waals surface area contributed by atoms with Crippen molar-refractivity contribution in [1.82, 2.24) is 14.5 Å². The lowest BCUT2D eigenvalue weighted by atomic mass is 9.98. The number of pyridine rings is 1. The van der Waals surface area contributed by atoms with Crippen LogP contribution >= 0.6 is 11.6 Å². The Bertz CT molecular complexity index is 998. The predicted molar refractivity (Wildman–Crippen MR) is 92.2 cm³/mol. The number of halogens is 1. The van der Waals surface area contributed by atoms with Gasteiger partial charge in [0.25, 0.3) is 0 Å². The maximum atomic E-state index is 11.7. The third-order valence-electron chi connectivity index (χ3n) is 3.91. The Morgan fingerprint density at radius 1 is 1.25 bits per heavy atom. The molecule has 0 radical (unpaired) electrons. The average Bonchev–Trinajstić information content (AvgIpc) is 2.88. The third kappa shape index (κ3) is 2.72. The van der Waals surface area contributed by atoms with E-state index in [0.29, 0.717) is 29.0 Å². The van der Waals surface area contributed by atoms with E-state index < -0.39 is 5.97 Å². The molecule has 1 aromatic carbocycles. The monoisotopic (exact) mass is 339 g/mol.